The Bertz CT molecular complexity index is 605. The molecule has 2 heterocycles. The molecule has 1 aromatic heterocycles. The van der Waals surface area contributed by atoms with E-state index in [2.05, 4.69) is 22.5 Å². The largest absolute Gasteiger partial charge is 0.349 e. The van der Waals surface area contributed by atoms with Crippen LogP contribution in [0.15, 0.2) is 23.7 Å². The first-order valence-electron chi connectivity index (χ1n) is 6.60. The van der Waals surface area contributed by atoms with Gasteiger partial charge in [0.2, 0.25) is 0 Å². The molecule has 4 nitrogen and oxygen atoms in total. The predicted octanol–water partition coefficient (Wildman–Crippen LogP) is 3.01. The van der Waals surface area contributed by atoms with Crippen molar-refractivity contribution in [3.63, 3.8) is 0 Å². The van der Waals surface area contributed by atoms with E-state index < -0.39 is 0 Å². The van der Waals surface area contributed by atoms with Gasteiger partial charge in [0.1, 0.15) is 0 Å². The SMILES string of the molecule is CC1CC(NC(=O)c2ccc3ncsc3c2)CCN1.Cl.Cl. The van der Waals surface area contributed by atoms with Crippen molar-refractivity contribution in [2.24, 2.45) is 0 Å². The zero-order valence-corrected chi connectivity index (χ0v) is 14.1. The number of halogens is 2. The second kappa shape index (κ2) is 7.94. The van der Waals surface area contributed by atoms with Gasteiger partial charge in [0.05, 0.1) is 15.7 Å². The molecule has 1 amide bonds. The monoisotopic (exact) mass is 347 g/mol. The lowest BCUT2D eigenvalue weighted by Gasteiger charge is -2.28. The lowest BCUT2D eigenvalue weighted by Crippen LogP contribution is -2.46. The third kappa shape index (κ3) is 4.30. The van der Waals surface area contributed by atoms with Gasteiger partial charge in [-0.05, 0) is 44.5 Å². The van der Waals surface area contributed by atoms with Crippen LogP contribution < -0.4 is 10.6 Å². The Morgan fingerprint density at radius 2 is 2.24 bits per heavy atom. The Hall–Kier alpha value is -0.880. The van der Waals surface area contributed by atoms with Gasteiger partial charge in [0.15, 0.2) is 0 Å². The Kier molecular flexibility index (Phi) is 6.87. The maximum absolute atomic E-state index is 12.2. The number of hydrogen-bond acceptors (Lipinski definition) is 4. The van der Waals surface area contributed by atoms with Crippen LogP contribution in [0, 0.1) is 0 Å². The lowest BCUT2D eigenvalue weighted by molar-refractivity contribution is 0.0926. The zero-order valence-electron chi connectivity index (χ0n) is 11.7. The van der Waals surface area contributed by atoms with Crippen LogP contribution in [0.3, 0.4) is 0 Å². The van der Waals surface area contributed by atoms with Crippen molar-refractivity contribution >= 4 is 52.3 Å². The molecule has 1 aliphatic rings. The zero-order chi connectivity index (χ0) is 13.2. The van der Waals surface area contributed by atoms with Gasteiger partial charge in [0.25, 0.3) is 5.91 Å². The highest BCUT2D eigenvalue weighted by Gasteiger charge is 2.20. The summed E-state index contributed by atoms with van der Waals surface area (Å²) in [7, 11) is 0. The van der Waals surface area contributed by atoms with Gasteiger partial charge in [0, 0.05) is 17.6 Å². The fourth-order valence-corrected chi connectivity index (χ4v) is 3.24. The molecule has 2 aromatic rings. The van der Waals surface area contributed by atoms with Crippen LogP contribution in [0.5, 0.6) is 0 Å². The van der Waals surface area contributed by atoms with Crippen LogP contribution in [-0.2, 0) is 0 Å². The first kappa shape index (κ1) is 18.2. The van der Waals surface area contributed by atoms with Gasteiger partial charge in [-0.2, -0.15) is 0 Å². The van der Waals surface area contributed by atoms with Crippen molar-refractivity contribution in [2.45, 2.75) is 31.8 Å². The maximum atomic E-state index is 12.2. The molecule has 0 aliphatic carbocycles. The molecule has 1 aliphatic heterocycles. The first-order chi connectivity index (χ1) is 9.22. The van der Waals surface area contributed by atoms with Gasteiger partial charge in [-0.25, -0.2) is 4.98 Å². The van der Waals surface area contributed by atoms with Gasteiger partial charge in [-0.15, -0.1) is 36.2 Å². The van der Waals surface area contributed by atoms with E-state index in [0.717, 1.165) is 35.2 Å². The molecular formula is C14H19Cl2N3OS. The third-order valence-corrected chi connectivity index (χ3v) is 4.34. The van der Waals surface area contributed by atoms with Crippen molar-refractivity contribution in [3.8, 4) is 0 Å². The minimum atomic E-state index is 0. The molecule has 1 saturated heterocycles. The fraction of sp³-hybridized carbons (Fsp3) is 0.429. The molecule has 2 N–H and O–H groups in total. The average Bonchev–Trinajstić information content (AvgIpc) is 2.85. The number of aromatic nitrogens is 1. The molecule has 1 fully saturated rings. The van der Waals surface area contributed by atoms with Crippen LogP contribution in [-0.4, -0.2) is 29.5 Å². The lowest BCUT2D eigenvalue weighted by atomic mass is 10.0. The van der Waals surface area contributed by atoms with E-state index in [9.17, 15) is 4.79 Å². The van der Waals surface area contributed by atoms with E-state index >= 15 is 0 Å². The molecular weight excluding hydrogens is 329 g/mol. The molecule has 3 rings (SSSR count). The van der Waals surface area contributed by atoms with Crippen molar-refractivity contribution in [1.29, 1.82) is 0 Å². The van der Waals surface area contributed by atoms with Crippen molar-refractivity contribution < 1.29 is 4.79 Å². The number of hydrogen-bond donors (Lipinski definition) is 2. The number of piperidine rings is 1. The number of thiazole rings is 1. The van der Waals surface area contributed by atoms with Crippen molar-refractivity contribution in [3.05, 3.63) is 29.3 Å². The Morgan fingerprint density at radius 3 is 3.00 bits per heavy atom. The Balaban J connectivity index is 0.00000110. The van der Waals surface area contributed by atoms with E-state index in [0.29, 0.717) is 6.04 Å². The highest BCUT2D eigenvalue weighted by Crippen LogP contribution is 2.19. The van der Waals surface area contributed by atoms with Crippen LogP contribution in [0.2, 0.25) is 0 Å². The van der Waals surface area contributed by atoms with E-state index in [4.69, 9.17) is 0 Å². The third-order valence-electron chi connectivity index (χ3n) is 3.55. The smallest absolute Gasteiger partial charge is 0.251 e. The number of amides is 1. The molecule has 116 valence electrons. The summed E-state index contributed by atoms with van der Waals surface area (Å²) in [6, 6.07) is 6.43. The van der Waals surface area contributed by atoms with Crippen molar-refractivity contribution in [2.75, 3.05) is 6.54 Å². The summed E-state index contributed by atoms with van der Waals surface area (Å²) in [5, 5.41) is 6.52. The van der Waals surface area contributed by atoms with Crippen LogP contribution >= 0.6 is 36.2 Å². The number of carbonyl (C=O) groups is 1. The predicted molar refractivity (Wildman–Crippen MR) is 92.1 cm³/mol. The minimum absolute atomic E-state index is 0. The van der Waals surface area contributed by atoms with Crippen LogP contribution in [0.4, 0.5) is 0 Å². The van der Waals surface area contributed by atoms with Crippen LogP contribution in [0.25, 0.3) is 10.2 Å². The molecule has 0 saturated carbocycles. The summed E-state index contributed by atoms with van der Waals surface area (Å²) in [5.41, 5.74) is 3.49. The van der Waals surface area contributed by atoms with E-state index in [1.807, 2.05) is 18.2 Å². The number of rotatable bonds is 2. The summed E-state index contributed by atoms with van der Waals surface area (Å²) >= 11 is 1.56. The molecule has 0 spiro atoms. The number of nitrogens with zero attached hydrogens (tertiary/aromatic N) is 1. The summed E-state index contributed by atoms with van der Waals surface area (Å²) in [6.45, 7) is 3.13. The molecule has 0 radical (unpaired) electrons. The van der Waals surface area contributed by atoms with Crippen LogP contribution in [0.1, 0.15) is 30.1 Å². The van der Waals surface area contributed by atoms with E-state index in [1.54, 1.807) is 16.8 Å². The molecule has 21 heavy (non-hydrogen) atoms. The number of nitrogens with one attached hydrogen (secondary N) is 2. The summed E-state index contributed by atoms with van der Waals surface area (Å²) < 4.78 is 1.06. The molecule has 2 atom stereocenters. The first-order valence-corrected chi connectivity index (χ1v) is 7.48. The normalized spacial score (nSPS) is 21.2. The highest BCUT2D eigenvalue weighted by atomic mass is 35.5. The van der Waals surface area contributed by atoms with Gasteiger partial charge in [-0.3, -0.25) is 4.79 Å². The van der Waals surface area contributed by atoms with Gasteiger partial charge in [-0.1, -0.05) is 0 Å². The maximum Gasteiger partial charge on any atom is 0.251 e. The quantitative estimate of drug-likeness (QED) is 0.877. The fourth-order valence-electron chi connectivity index (χ4n) is 2.53. The second-order valence-electron chi connectivity index (χ2n) is 5.08. The standard InChI is InChI=1S/C14H17N3OS.2ClH/c1-9-6-11(4-5-15-9)17-14(18)10-2-3-12-13(7-10)19-8-16-12;;/h2-3,7-9,11,15H,4-6H2,1H3,(H,17,18);2*1H. The summed E-state index contributed by atoms with van der Waals surface area (Å²) in [5.74, 6) is 0.0226. The topological polar surface area (TPSA) is 54.0 Å². The molecule has 7 heteroatoms. The van der Waals surface area contributed by atoms with Gasteiger partial charge >= 0.3 is 0 Å². The summed E-state index contributed by atoms with van der Waals surface area (Å²) in [6.07, 6.45) is 1.99. The highest BCUT2D eigenvalue weighted by molar-refractivity contribution is 7.16. The van der Waals surface area contributed by atoms with E-state index in [1.165, 1.54) is 0 Å². The number of carbonyl (C=O) groups excluding carboxylic acids is 1. The molecule has 2 unspecified atom stereocenters. The Labute approximate surface area is 140 Å². The van der Waals surface area contributed by atoms with Gasteiger partial charge < -0.3 is 10.6 Å². The Morgan fingerprint density at radius 1 is 1.43 bits per heavy atom. The molecule has 0 bridgehead atoms. The van der Waals surface area contributed by atoms with Crippen molar-refractivity contribution in [1.82, 2.24) is 15.6 Å². The van der Waals surface area contributed by atoms with E-state index in [-0.39, 0.29) is 36.8 Å². The average molecular weight is 348 g/mol. The summed E-state index contributed by atoms with van der Waals surface area (Å²) in [4.78, 5) is 16.5. The minimum Gasteiger partial charge on any atom is -0.349 e. The number of fused-ring (bicyclic) bond motifs is 1. The number of benzene rings is 1. The second-order valence-corrected chi connectivity index (χ2v) is 5.97. The molecule has 1 aromatic carbocycles.